The Morgan fingerprint density at radius 3 is 2.74 bits per heavy atom. The zero-order chi connectivity index (χ0) is 16.4. The number of hydrogen-bond acceptors (Lipinski definition) is 5. The van der Waals surface area contributed by atoms with Crippen LogP contribution in [0, 0.1) is 10.1 Å². The van der Waals surface area contributed by atoms with Crippen molar-refractivity contribution in [1.82, 2.24) is 4.98 Å². The van der Waals surface area contributed by atoms with Gasteiger partial charge < -0.3 is 10.0 Å². The van der Waals surface area contributed by atoms with E-state index in [0.717, 1.165) is 0 Å². The summed E-state index contributed by atoms with van der Waals surface area (Å²) in [6.45, 7) is 0.464. The van der Waals surface area contributed by atoms with Gasteiger partial charge in [0.25, 0.3) is 11.6 Å². The Labute approximate surface area is 132 Å². The highest BCUT2D eigenvalue weighted by molar-refractivity contribution is 6.06. The lowest BCUT2D eigenvalue weighted by Gasteiger charge is -2.22. The first-order valence-corrected chi connectivity index (χ1v) is 7.27. The number of carbonyl (C=O) groups excluding carboxylic acids is 1. The second-order valence-corrected chi connectivity index (χ2v) is 5.33. The van der Waals surface area contributed by atoms with E-state index < -0.39 is 11.0 Å². The van der Waals surface area contributed by atoms with E-state index in [4.69, 9.17) is 0 Å². The SMILES string of the molecule is O=C(c1ccc([N+](=O)[O-])cc1)N1CCCC(O)c2ncccc21. The molecule has 0 saturated carbocycles. The first-order valence-electron chi connectivity index (χ1n) is 7.27. The van der Waals surface area contributed by atoms with Gasteiger partial charge in [0.15, 0.2) is 0 Å². The molecule has 0 radical (unpaired) electrons. The van der Waals surface area contributed by atoms with E-state index >= 15 is 0 Å². The quantitative estimate of drug-likeness (QED) is 0.678. The van der Waals surface area contributed by atoms with Crippen LogP contribution in [0.3, 0.4) is 0 Å². The molecule has 0 aliphatic carbocycles. The Balaban J connectivity index is 1.95. The van der Waals surface area contributed by atoms with E-state index in [1.807, 2.05) is 0 Å². The van der Waals surface area contributed by atoms with Gasteiger partial charge in [-0.25, -0.2) is 0 Å². The first-order chi connectivity index (χ1) is 11.1. The number of fused-ring (bicyclic) bond motifs is 1. The summed E-state index contributed by atoms with van der Waals surface area (Å²) in [4.78, 5) is 28.7. The van der Waals surface area contributed by atoms with Crippen molar-refractivity contribution in [2.45, 2.75) is 18.9 Å². The Morgan fingerprint density at radius 2 is 2.04 bits per heavy atom. The Bertz CT molecular complexity index is 745. The van der Waals surface area contributed by atoms with Gasteiger partial charge in [-0.3, -0.25) is 19.9 Å². The molecule has 0 spiro atoms. The minimum absolute atomic E-state index is 0.0603. The molecule has 3 rings (SSSR count). The highest BCUT2D eigenvalue weighted by Gasteiger charge is 2.27. The van der Waals surface area contributed by atoms with Gasteiger partial charge in [0, 0.05) is 30.4 Å². The number of aliphatic hydroxyl groups is 1. The maximum atomic E-state index is 12.7. The van der Waals surface area contributed by atoms with Gasteiger partial charge in [-0.15, -0.1) is 0 Å². The van der Waals surface area contributed by atoms with Crippen LogP contribution in [0.2, 0.25) is 0 Å². The predicted octanol–water partition coefficient (Wildman–Crippen LogP) is 2.46. The number of aromatic nitrogens is 1. The smallest absolute Gasteiger partial charge is 0.269 e. The molecule has 1 aromatic heterocycles. The summed E-state index contributed by atoms with van der Waals surface area (Å²) in [5.74, 6) is -0.261. The van der Waals surface area contributed by atoms with Gasteiger partial charge in [-0.1, -0.05) is 0 Å². The van der Waals surface area contributed by atoms with Gasteiger partial charge in [-0.05, 0) is 37.1 Å². The number of benzene rings is 1. The molecule has 1 aliphatic heterocycles. The van der Waals surface area contributed by atoms with Crippen LogP contribution < -0.4 is 4.90 Å². The largest absolute Gasteiger partial charge is 0.387 e. The van der Waals surface area contributed by atoms with Crippen molar-refractivity contribution < 1.29 is 14.8 Å². The van der Waals surface area contributed by atoms with Gasteiger partial charge in [0.1, 0.15) is 0 Å². The molecule has 1 amide bonds. The second-order valence-electron chi connectivity index (χ2n) is 5.33. The van der Waals surface area contributed by atoms with Crippen LogP contribution in [-0.2, 0) is 0 Å². The number of rotatable bonds is 2. The van der Waals surface area contributed by atoms with Crippen LogP contribution in [0.1, 0.15) is 35.0 Å². The molecule has 0 bridgehead atoms. The summed E-state index contributed by atoms with van der Waals surface area (Å²) >= 11 is 0. The van der Waals surface area contributed by atoms with Crippen molar-refractivity contribution in [2.75, 3.05) is 11.4 Å². The molecule has 7 nitrogen and oxygen atoms in total. The molecular formula is C16H15N3O4. The summed E-state index contributed by atoms with van der Waals surface area (Å²) in [7, 11) is 0. The lowest BCUT2D eigenvalue weighted by Crippen LogP contribution is -2.31. The van der Waals surface area contributed by atoms with Crippen LogP contribution in [0.4, 0.5) is 11.4 Å². The van der Waals surface area contributed by atoms with Crippen LogP contribution in [0.15, 0.2) is 42.6 Å². The highest BCUT2D eigenvalue weighted by Crippen LogP contribution is 2.32. The van der Waals surface area contributed by atoms with Crippen LogP contribution >= 0.6 is 0 Å². The van der Waals surface area contributed by atoms with Crippen molar-refractivity contribution in [2.24, 2.45) is 0 Å². The maximum Gasteiger partial charge on any atom is 0.269 e. The minimum atomic E-state index is -0.694. The number of non-ortho nitro benzene ring substituents is 1. The Morgan fingerprint density at radius 1 is 1.30 bits per heavy atom. The molecule has 118 valence electrons. The summed E-state index contributed by atoms with van der Waals surface area (Å²) in [6, 6.07) is 8.97. The number of hydrogen-bond donors (Lipinski definition) is 1. The summed E-state index contributed by atoms with van der Waals surface area (Å²) in [6.07, 6.45) is 2.08. The number of anilines is 1. The third-order valence-corrected chi connectivity index (χ3v) is 3.85. The number of nitro groups is 1. The fraction of sp³-hybridized carbons (Fsp3) is 0.250. The molecule has 0 fully saturated rings. The van der Waals surface area contributed by atoms with E-state index in [-0.39, 0.29) is 11.6 Å². The number of aliphatic hydroxyl groups excluding tert-OH is 1. The molecule has 1 aromatic carbocycles. The summed E-state index contributed by atoms with van der Waals surface area (Å²) in [5, 5.41) is 20.8. The van der Waals surface area contributed by atoms with Crippen molar-refractivity contribution in [3.05, 3.63) is 64.0 Å². The average Bonchev–Trinajstić information content (AvgIpc) is 2.74. The zero-order valence-corrected chi connectivity index (χ0v) is 12.3. The Hall–Kier alpha value is -2.80. The predicted molar refractivity (Wildman–Crippen MR) is 83.2 cm³/mol. The fourth-order valence-corrected chi connectivity index (χ4v) is 2.69. The maximum absolute atomic E-state index is 12.7. The summed E-state index contributed by atoms with van der Waals surface area (Å²) < 4.78 is 0. The third-order valence-electron chi connectivity index (χ3n) is 3.85. The normalized spacial score (nSPS) is 17.3. The number of carbonyl (C=O) groups is 1. The topological polar surface area (TPSA) is 96.6 Å². The molecular weight excluding hydrogens is 298 g/mol. The molecule has 1 N–H and O–H groups in total. The molecule has 1 aliphatic rings. The monoisotopic (exact) mass is 313 g/mol. The number of nitro benzene ring substituents is 1. The van der Waals surface area contributed by atoms with Crippen LogP contribution in [0.5, 0.6) is 0 Å². The van der Waals surface area contributed by atoms with Crippen LogP contribution in [-0.4, -0.2) is 27.5 Å². The van der Waals surface area contributed by atoms with E-state index in [9.17, 15) is 20.0 Å². The number of amides is 1. The molecule has 2 aromatic rings. The molecule has 23 heavy (non-hydrogen) atoms. The van der Waals surface area contributed by atoms with Gasteiger partial charge in [0.2, 0.25) is 0 Å². The molecule has 2 heterocycles. The van der Waals surface area contributed by atoms with E-state index in [1.54, 1.807) is 23.2 Å². The Kier molecular flexibility index (Phi) is 4.03. The van der Waals surface area contributed by atoms with Gasteiger partial charge in [-0.2, -0.15) is 0 Å². The van der Waals surface area contributed by atoms with Crippen molar-refractivity contribution >= 4 is 17.3 Å². The minimum Gasteiger partial charge on any atom is -0.387 e. The van der Waals surface area contributed by atoms with Gasteiger partial charge >= 0.3 is 0 Å². The lowest BCUT2D eigenvalue weighted by atomic mass is 10.1. The standard InChI is InChI=1S/C16H15N3O4/c20-14-4-2-10-18(13-3-1-9-17-15(13)14)16(21)11-5-7-12(8-6-11)19(22)23/h1,3,5-9,14,20H,2,4,10H2. The second kappa shape index (κ2) is 6.13. The van der Waals surface area contributed by atoms with Crippen molar-refractivity contribution in [3.8, 4) is 0 Å². The van der Waals surface area contributed by atoms with Crippen molar-refractivity contribution in [1.29, 1.82) is 0 Å². The van der Waals surface area contributed by atoms with Gasteiger partial charge in [0.05, 0.1) is 22.4 Å². The number of nitrogens with zero attached hydrogens (tertiary/aromatic N) is 3. The molecule has 7 heteroatoms. The fourth-order valence-electron chi connectivity index (χ4n) is 2.69. The molecule has 0 saturated heterocycles. The average molecular weight is 313 g/mol. The molecule has 1 unspecified atom stereocenters. The highest BCUT2D eigenvalue weighted by atomic mass is 16.6. The van der Waals surface area contributed by atoms with E-state index in [0.29, 0.717) is 36.3 Å². The third kappa shape index (κ3) is 2.91. The number of pyridine rings is 1. The van der Waals surface area contributed by atoms with Crippen molar-refractivity contribution in [3.63, 3.8) is 0 Å². The first kappa shape index (κ1) is 15.1. The van der Waals surface area contributed by atoms with E-state index in [1.165, 1.54) is 24.3 Å². The summed E-state index contributed by atoms with van der Waals surface area (Å²) in [5.41, 5.74) is 1.37. The molecule has 1 atom stereocenters. The van der Waals surface area contributed by atoms with Crippen LogP contribution in [0.25, 0.3) is 0 Å². The zero-order valence-electron chi connectivity index (χ0n) is 12.3. The van der Waals surface area contributed by atoms with E-state index in [2.05, 4.69) is 4.98 Å². The lowest BCUT2D eigenvalue weighted by molar-refractivity contribution is -0.384.